The van der Waals surface area contributed by atoms with Gasteiger partial charge in [0.15, 0.2) is 0 Å². The number of nitrogens with one attached hydrogen (secondary N) is 1. The lowest BCUT2D eigenvalue weighted by molar-refractivity contribution is -0.137. The highest BCUT2D eigenvalue weighted by Crippen LogP contribution is 2.29. The van der Waals surface area contributed by atoms with Gasteiger partial charge in [0.2, 0.25) is 5.91 Å². The van der Waals surface area contributed by atoms with Gasteiger partial charge < -0.3 is 5.32 Å². The van der Waals surface area contributed by atoms with Gasteiger partial charge in [-0.3, -0.25) is 4.79 Å². The molecule has 0 heterocycles. The molecule has 1 unspecified atom stereocenters. The second-order valence-electron chi connectivity index (χ2n) is 4.20. The number of alkyl halides is 4. The second-order valence-corrected chi connectivity index (χ2v) is 4.51. The first-order chi connectivity index (χ1) is 8.86. The molecule has 6 heteroatoms. The number of carbonyl (C=O) groups excluding carboxylic acids is 1. The molecular formula is C13H15ClF3NO. The summed E-state index contributed by atoms with van der Waals surface area (Å²) in [6.07, 6.45) is -3.60. The minimum Gasteiger partial charge on any atom is -0.352 e. The van der Waals surface area contributed by atoms with Gasteiger partial charge in [-0.15, -0.1) is 11.6 Å². The molecule has 1 amide bonds. The number of halogens is 4. The molecule has 0 fully saturated rings. The Morgan fingerprint density at radius 1 is 1.32 bits per heavy atom. The molecule has 2 nitrogen and oxygen atoms in total. The highest BCUT2D eigenvalue weighted by Gasteiger charge is 2.29. The predicted octanol–water partition coefficient (Wildman–Crippen LogP) is 3.38. The van der Waals surface area contributed by atoms with E-state index in [1.54, 1.807) is 0 Å². The molecule has 0 aliphatic carbocycles. The minimum absolute atomic E-state index is 0.0471. The van der Waals surface area contributed by atoms with Gasteiger partial charge in [-0.1, -0.05) is 19.1 Å². The lowest BCUT2D eigenvalue weighted by Gasteiger charge is -2.14. The molecule has 1 rings (SSSR count). The normalized spacial score (nSPS) is 13.1. The van der Waals surface area contributed by atoms with Crippen molar-refractivity contribution < 1.29 is 18.0 Å². The molecular weight excluding hydrogens is 279 g/mol. The molecule has 1 atom stereocenters. The number of hydrogen-bond donors (Lipinski definition) is 1. The molecule has 0 aromatic heterocycles. The van der Waals surface area contributed by atoms with Crippen LogP contribution in [0.3, 0.4) is 0 Å². The van der Waals surface area contributed by atoms with Crippen LogP contribution in [-0.4, -0.2) is 17.8 Å². The summed E-state index contributed by atoms with van der Waals surface area (Å²) < 4.78 is 37.1. The standard InChI is InChI=1S/C13H15ClF3NO/c1-2-11(8-14)18-12(19)7-9-3-5-10(6-4-9)13(15,16)17/h3-6,11H,2,7-8H2,1H3,(H,18,19). The van der Waals surface area contributed by atoms with Crippen molar-refractivity contribution in [3.8, 4) is 0 Å². The van der Waals surface area contributed by atoms with Crippen LogP contribution >= 0.6 is 11.6 Å². The molecule has 1 N–H and O–H groups in total. The van der Waals surface area contributed by atoms with Crippen LogP contribution in [0.5, 0.6) is 0 Å². The van der Waals surface area contributed by atoms with Crippen LogP contribution in [0.15, 0.2) is 24.3 Å². The Hall–Kier alpha value is -1.23. The van der Waals surface area contributed by atoms with Gasteiger partial charge in [-0.25, -0.2) is 0 Å². The van der Waals surface area contributed by atoms with Gasteiger partial charge >= 0.3 is 6.18 Å². The van der Waals surface area contributed by atoms with Crippen LogP contribution in [0.2, 0.25) is 0 Å². The third-order valence-corrected chi connectivity index (χ3v) is 3.06. The van der Waals surface area contributed by atoms with E-state index < -0.39 is 11.7 Å². The topological polar surface area (TPSA) is 29.1 Å². The van der Waals surface area contributed by atoms with Crippen molar-refractivity contribution in [1.29, 1.82) is 0 Å². The summed E-state index contributed by atoms with van der Waals surface area (Å²) in [4.78, 5) is 11.6. The Morgan fingerprint density at radius 3 is 2.32 bits per heavy atom. The Morgan fingerprint density at radius 2 is 1.89 bits per heavy atom. The SMILES string of the molecule is CCC(CCl)NC(=O)Cc1ccc(C(F)(F)F)cc1. The maximum absolute atomic E-state index is 12.4. The lowest BCUT2D eigenvalue weighted by Crippen LogP contribution is -2.36. The van der Waals surface area contributed by atoms with Crippen molar-refractivity contribution >= 4 is 17.5 Å². The van der Waals surface area contributed by atoms with Crippen LogP contribution in [0.25, 0.3) is 0 Å². The van der Waals surface area contributed by atoms with Gasteiger partial charge in [-0.2, -0.15) is 13.2 Å². The number of hydrogen-bond acceptors (Lipinski definition) is 1. The van der Waals surface area contributed by atoms with Crippen LogP contribution < -0.4 is 5.32 Å². The van der Waals surface area contributed by atoms with E-state index in [-0.39, 0.29) is 18.4 Å². The molecule has 0 radical (unpaired) electrons. The molecule has 19 heavy (non-hydrogen) atoms. The number of rotatable bonds is 5. The van der Waals surface area contributed by atoms with Crippen molar-refractivity contribution in [2.45, 2.75) is 32.0 Å². The summed E-state index contributed by atoms with van der Waals surface area (Å²) in [5.74, 6) is 0.0715. The van der Waals surface area contributed by atoms with Gasteiger partial charge in [0.1, 0.15) is 0 Å². The van der Waals surface area contributed by atoms with E-state index in [1.807, 2.05) is 6.92 Å². The van der Waals surface area contributed by atoms with Crippen LogP contribution in [0.1, 0.15) is 24.5 Å². The van der Waals surface area contributed by atoms with E-state index in [4.69, 9.17) is 11.6 Å². The highest BCUT2D eigenvalue weighted by atomic mass is 35.5. The van der Waals surface area contributed by atoms with E-state index >= 15 is 0 Å². The first kappa shape index (κ1) is 15.8. The summed E-state index contributed by atoms with van der Waals surface area (Å²) in [7, 11) is 0. The van der Waals surface area contributed by atoms with Gasteiger partial charge in [0.25, 0.3) is 0 Å². The summed E-state index contributed by atoms with van der Waals surface area (Å²) >= 11 is 5.65. The fourth-order valence-electron chi connectivity index (χ4n) is 1.53. The molecule has 1 aromatic rings. The van der Waals surface area contributed by atoms with Crippen molar-refractivity contribution in [3.05, 3.63) is 35.4 Å². The Balaban J connectivity index is 2.61. The van der Waals surface area contributed by atoms with E-state index in [2.05, 4.69) is 5.32 Å². The quantitative estimate of drug-likeness (QED) is 0.829. The molecule has 1 aromatic carbocycles. The van der Waals surface area contributed by atoms with Crippen LogP contribution in [0.4, 0.5) is 13.2 Å². The average molecular weight is 294 g/mol. The van der Waals surface area contributed by atoms with E-state index in [9.17, 15) is 18.0 Å². The van der Waals surface area contributed by atoms with Crippen molar-refractivity contribution in [3.63, 3.8) is 0 Å². The molecule has 106 valence electrons. The summed E-state index contributed by atoms with van der Waals surface area (Å²) in [6, 6.07) is 4.46. The molecule has 0 saturated carbocycles. The largest absolute Gasteiger partial charge is 0.416 e. The third-order valence-electron chi connectivity index (χ3n) is 2.69. The Labute approximate surface area is 114 Å². The average Bonchev–Trinajstić information content (AvgIpc) is 2.35. The fraction of sp³-hybridized carbons (Fsp3) is 0.462. The summed E-state index contributed by atoms with van der Waals surface area (Å²) in [5, 5.41) is 2.72. The van der Waals surface area contributed by atoms with E-state index in [0.29, 0.717) is 17.9 Å². The lowest BCUT2D eigenvalue weighted by atomic mass is 10.1. The van der Waals surface area contributed by atoms with Crippen LogP contribution in [0, 0.1) is 0 Å². The fourth-order valence-corrected chi connectivity index (χ4v) is 1.82. The maximum atomic E-state index is 12.4. The first-order valence-electron chi connectivity index (χ1n) is 5.88. The molecule has 0 bridgehead atoms. The monoisotopic (exact) mass is 293 g/mol. The van der Waals surface area contributed by atoms with Crippen molar-refractivity contribution in [2.75, 3.05) is 5.88 Å². The number of carbonyl (C=O) groups is 1. The van der Waals surface area contributed by atoms with Gasteiger partial charge in [0, 0.05) is 11.9 Å². The van der Waals surface area contributed by atoms with E-state index in [0.717, 1.165) is 12.1 Å². The molecule has 0 aliphatic rings. The Bertz CT molecular complexity index is 413. The van der Waals surface area contributed by atoms with Crippen LogP contribution in [-0.2, 0) is 17.4 Å². The smallest absolute Gasteiger partial charge is 0.352 e. The maximum Gasteiger partial charge on any atom is 0.416 e. The Kier molecular flexibility index (Phi) is 5.66. The third kappa shape index (κ3) is 5.11. The molecule has 0 aliphatic heterocycles. The summed E-state index contributed by atoms with van der Waals surface area (Å²) in [6.45, 7) is 1.89. The predicted molar refractivity (Wildman–Crippen MR) is 68.1 cm³/mol. The first-order valence-corrected chi connectivity index (χ1v) is 6.41. The second kappa shape index (κ2) is 6.80. The zero-order valence-electron chi connectivity index (χ0n) is 10.4. The summed E-state index contributed by atoms with van der Waals surface area (Å²) in [5.41, 5.74) is -0.182. The molecule has 0 saturated heterocycles. The molecule has 0 spiro atoms. The van der Waals surface area contributed by atoms with Crippen molar-refractivity contribution in [1.82, 2.24) is 5.32 Å². The minimum atomic E-state index is -4.35. The van der Waals surface area contributed by atoms with E-state index in [1.165, 1.54) is 12.1 Å². The van der Waals surface area contributed by atoms with Crippen molar-refractivity contribution in [2.24, 2.45) is 0 Å². The zero-order valence-corrected chi connectivity index (χ0v) is 11.2. The van der Waals surface area contributed by atoms with Gasteiger partial charge in [0.05, 0.1) is 12.0 Å². The van der Waals surface area contributed by atoms with Gasteiger partial charge in [-0.05, 0) is 24.1 Å². The highest BCUT2D eigenvalue weighted by molar-refractivity contribution is 6.18. The number of benzene rings is 1. The zero-order chi connectivity index (χ0) is 14.5. The number of amides is 1.